The molecule has 0 saturated heterocycles. The molecule has 1 atom stereocenters. The third-order valence-electron chi connectivity index (χ3n) is 5.58. The number of methoxy groups -OCH3 is 2. The van der Waals surface area contributed by atoms with Gasteiger partial charge in [0, 0.05) is 11.8 Å². The molecule has 1 unspecified atom stereocenters. The van der Waals surface area contributed by atoms with Gasteiger partial charge in [0.05, 0.1) is 20.4 Å². The molecule has 3 aromatic rings. The highest BCUT2D eigenvalue weighted by Gasteiger charge is 2.40. The predicted molar refractivity (Wildman–Crippen MR) is 117 cm³/mol. The van der Waals surface area contributed by atoms with E-state index in [1.165, 1.54) is 0 Å². The highest BCUT2D eigenvalue weighted by Crippen LogP contribution is 2.41. The van der Waals surface area contributed by atoms with Crippen LogP contribution in [-0.2, 0) is 10.3 Å². The van der Waals surface area contributed by atoms with Crippen LogP contribution in [0.4, 0.5) is 0 Å². The van der Waals surface area contributed by atoms with Crippen molar-refractivity contribution in [2.45, 2.75) is 19.4 Å². The van der Waals surface area contributed by atoms with Gasteiger partial charge < -0.3 is 19.9 Å². The van der Waals surface area contributed by atoms with Crippen LogP contribution in [0.25, 0.3) is 11.1 Å². The second-order valence-corrected chi connectivity index (χ2v) is 7.43. The first-order chi connectivity index (χ1) is 14.5. The molecule has 2 heterocycles. The van der Waals surface area contributed by atoms with Gasteiger partial charge in [0.15, 0.2) is 5.54 Å². The normalized spacial score (nSPS) is 17.9. The van der Waals surface area contributed by atoms with Gasteiger partial charge in [0.1, 0.15) is 18.1 Å². The average Bonchev–Trinajstić information content (AvgIpc) is 3.17. The molecule has 0 aliphatic carbocycles. The molecule has 0 bridgehead atoms. The molecule has 154 valence electrons. The maximum Gasteiger partial charge on any atom is 0.283 e. The molecule has 6 nitrogen and oxygen atoms in total. The van der Waals surface area contributed by atoms with E-state index in [1.807, 2.05) is 31.3 Å². The molecule has 6 heteroatoms. The topological polar surface area (TPSA) is 79.0 Å². The molecular formula is C24H25N3O3. The largest absolute Gasteiger partial charge is 0.496 e. The number of pyridine rings is 1. The van der Waals surface area contributed by atoms with E-state index in [1.54, 1.807) is 20.4 Å². The summed E-state index contributed by atoms with van der Waals surface area (Å²) < 4.78 is 16.4. The molecule has 4 rings (SSSR count). The summed E-state index contributed by atoms with van der Waals surface area (Å²) in [5.74, 6) is 1.54. The van der Waals surface area contributed by atoms with Gasteiger partial charge in [-0.3, -0.25) is 4.98 Å². The number of hydrogen-bond acceptors (Lipinski definition) is 6. The Morgan fingerprint density at radius 2 is 1.70 bits per heavy atom. The minimum atomic E-state index is -0.726. The van der Waals surface area contributed by atoms with Gasteiger partial charge in [-0.1, -0.05) is 18.2 Å². The Hall–Kier alpha value is -3.54. The number of rotatable bonds is 5. The predicted octanol–water partition coefficient (Wildman–Crippen LogP) is 3.97. The molecule has 1 aliphatic heterocycles. The molecule has 30 heavy (non-hydrogen) atoms. The molecule has 1 aromatic heterocycles. The van der Waals surface area contributed by atoms with E-state index in [0.29, 0.717) is 12.4 Å². The van der Waals surface area contributed by atoms with Crippen LogP contribution in [-0.4, -0.2) is 31.8 Å². The van der Waals surface area contributed by atoms with Crippen LogP contribution in [0.1, 0.15) is 22.3 Å². The van der Waals surface area contributed by atoms with Gasteiger partial charge in [-0.2, -0.15) is 0 Å². The standard InChI is InChI=1S/C24H25N3O3/c1-15-5-6-19(11-21(15)17-10-20(28-3)13-26-12-17)24(14-30-23(25)27-24)18-7-8-22(29-4)16(2)9-18/h5-13H,14H2,1-4H3,(H2,25,27). The van der Waals surface area contributed by atoms with E-state index in [4.69, 9.17) is 24.9 Å². The van der Waals surface area contributed by atoms with Gasteiger partial charge >= 0.3 is 0 Å². The first kappa shape index (κ1) is 19.8. The van der Waals surface area contributed by atoms with Crippen molar-refractivity contribution in [3.05, 3.63) is 77.1 Å². The zero-order valence-electron chi connectivity index (χ0n) is 17.6. The van der Waals surface area contributed by atoms with E-state index in [9.17, 15) is 0 Å². The van der Waals surface area contributed by atoms with Crippen molar-refractivity contribution in [3.8, 4) is 22.6 Å². The third kappa shape index (κ3) is 3.34. The number of aliphatic imine (C=N–C) groups is 1. The van der Waals surface area contributed by atoms with E-state index >= 15 is 0 Å². The molecular weight excluding hydrogens is 378 g/mol. The van der Waals surface area contributed by atoms with Crippen molar-refractivity contribution < 1.29 is 14.2 Å². The fraction of sp³-hybridized carbons (Fsp3) is 0.250. The number of amidine groups is 1. The van der Waals surface area contributed by atoms with Gasteiger partial charge in [0.25, 0.3) is 6.02 Å². The highest BCUT2D eigenvalue weighted by atomic mass is 16.5. The van der Waals surface area contributed by atoms with Gasteiger partial charge in [-0.25, -0.2) is 4.99 Å². The molecule has 2 N–H and O–H groups in total. The molecule has 0 radical (unpaired) electrons. The van der Waals surface area contributed by atoms with E-state index < -0.39 is 5.54 Å². The molecule has 0 saturated carbocycles. The van der Waals surface area contributed by atoms with Crippen molar-refractivity contribution in [2.75, 3.05) is 20.8 Å². The van der Waals surface area contributed by atoms with Crippen LogP contribution in [0.15, 0.2) is 59.9 Å². The molecule has 0 spiro atoms. The van der Waals surface area contributed by atoms with Crippen LogP contribution < -0.4 is 15.2 Å². The lowest BCUT2D eigenvalue weighted by atomic mass is 9.82. The van der Waals surface area contributed by atoms with Crippen LogP contribution in [0.2, 0.25) is 0 Å². The van der Waals surface area contributed by atoms with Crippen LogP contribution in [0.5, 0.6) is 11.5 Å². The van der Waals surface area contributed by atoms with Gasteiger partial charge in [-0.05, 0) is 65.9 Å². The maximum absolute atomic E-state index is 5.97. The summed E-state index contributed by atoms with van der Waals surface area (Å²) in [5.41, 5.74) is 11.4. The van der Waals surface area contributed by atoms with Crippen molar-refractivity contribution in [3.63, 3.8) is 0 Å². The summed E-state index contributed by atoms with van der Waals surface area (Å²) in [6.45, 7) is 4.43. The summed E-state index contributed by atoms with van der Waals surface area (Å²) in [6.07, 6.45) is 3.53. The highest BCUT2D eigenvalue weighted by molar-refractivity contribution is 5.76. The lowest BCUT2D eigenvalue weighted by Gasteiger charge is -2.27. The minimum absolute atomic E-state index is 0.189. The van der Waals surface area contributed by atoms with Gasteiger partial charge in [-0.15, -0.1) is 0 Å². The average molecular weight is 403 g/mol. The Morgan fingerprint density at radius 1 is 0.933 bits per heavy atom. The number of aryl methyl sites for hydroxylation is 2. The smallest absolute Gasteiger partial charge is 0.283 e. The lowest BCUT2D eigenvalue weighted by molar-refractivity contribution is 0.278. The number of aromatic nitrogens is 1. The van der Waals surface area contributed by atoms with E-state index in [-0.39, 0.29) is 6.02 Å². The summed E-state index contributed by atoms with van der Waals surface area (Å²) in [6, 6.07) is 14.5. The Kier molecular flexibility index (Phi) is 5.08. The zero-order chi connectivity index (χ0) is 21.3. The summed E-state index contributed by atoms with van der Waals surface area (Å²) >= 11 is 0. The van der Waals surface area contributed by atoms with Crippen molar-refractivity contribution in [1.29, 1.82) is 0 Å². The third-order valence-corrected chi connectivity index (χ3v) is 5.58. The monoisotopic (exact) mass is 403 g/mol. The van der Waals surface area contributed by atoms with E-state index in [2.05, 4.69) is 36.2 Å². The second kappa shape index (κ2) is 7.71. The summed E-state index contributed by atoms with van der Waals surface area (Å²) in [4.78, 5) is 9.05. The first-order valence-corrected chi connectivity index (χ1v) is 9.70. The van der Waals surface area contributed by atoms with Crippen LogP contribution in [0.3, 0.4) is 0 Å². The Bertz CT molecular complexity index is 1130. The fourth-order valence-electron chi connectivity index (χ4n) is 3.90. The SMILES string of the molecule is COc1cncc(-c2cc(C3(c4ccc(OC)c(C)c4)COC(N)=N3)ccc2C)c1. The van der Waals surface area contributed by atoms with Crippen molar-refractivity contribution in [2.24, 2.45) is 10.7 Å². The molecule has 2 aromatic carbocycles. The molecule has 0 amide bonds. The number of hydrogen-bond donors (Lipinski definition) is 1. The molecule has 1 aliphatic rings. The Labute approximate surface area is 176 Å². The number of benzene rings is 2. The Morgan fingerprint density at radius 3 is 2.37 bits per heavy atom. The Balaban J connectivity index is 1.88. The van der Waals surface area contributed by atoms with Crippen LogP contribution >= 0.6 is 0 Å². The number of ether oxygens (including phenoxy) is 3. The van der Waals surface area contributed by atoms with Crippen LogP contribution in [0, 0.1) is 13.8 Å². The summed E-state index contributed by atoms with van der Waals surface area (Å²) in [5, 5.41) is 0. The number of nitrogens with zero attached hydrogens (tertiary/aromatic N) is 2. The van der Waals surface area contributed by atoms with E-state index in [0.717, 1.165) is 39.1 Å². The van der Waals surface area contributed by atoms with Crippen molar-refractivity contribution in [1.82, 2.24) is 4.98 Å². The fourth-order valence-corrected chi connectivity index (χ4v) is 3.90. The minimum Gasteiger partial charge on any atom is -0.496 e. The van der Waals surface area contributed by atoms with Gasteiger partial charge in [0.2, 0.25) is 0 Å². The quantitative estimate of drug-likeness (QED) is 0.697. The number of nitrogens with two attached hydrogens (primary N) is 1. The zero-order valence-corrected chi connectivity index (χ0v) is 17.6. The second-order valence-electron chi connectivity index (χ2n) is 7.43. The summed E-state index contributed by atoms with van der Waals surface area (Å²) in [7, 11) is 3.31. The lowest BCUT2D eigenvalue weighted by Crippen LogP contribution is -2.27. The van der Waals surface area contributed by atoms with Crippen molar-refractivity contribution >= 4 is 6.02 Å². The maximum atomic E-state index is 5.97. The first-order valence-electron chi connectivity index (χ1n) is 9.70. The molecule has 0 fully saturated rings.